The van der Waals surface area contributed by atoms with Crippen LogP contribution in [0.15, 0.2) is 18.2 Å². The van der Waals surface area contributed by atoms with Crippen LogP contribution in [0.25, 0.3) is 10.9 Å². The summed E-state index contributed by atoms with van der Waals surface area (Å²) in [7, 11) is 0. The Balaban J connectivity index is 2.72. The van der Waals surface area contributed by atoms with Crippen LogP contribution in [0.1, 0.15) is 17.3 Å². The second-order valence-corrected chi connectivity index (χ2v) is 3.56. The van der Waals surface area contributed by atoms with Crippen molar-refractivity contribution < 1.29 is 4.79 Å². The molecule has 0 aliphatic heterocycles. The van der Waals surface area contributed by atoms with Crippen LogP contribution in [0.4, 0.5) is 0 Å². The summed E-state index contributed by atoms with van der Waals surface area (Å²) in [6, 6.07) is 5.14. The summed E-state index contributed by atoms with van der Waals surface area (Å²) >= 11 is 5.95. The van der Waals surface area contributed by atoms with Gasteiger partial charge in [-0.25, -0.2) is 0 Å². The van der Waals surface area contributed by atoms with Crippen LogP contribution < -0.4 is 5.73 Å². The average molecular weight is 224 g/mol. The van der Waals surface area contributed by atoms with Gasteiger partial charge in [0.05, 0.1) is 5.52 Å². The van der Waals surface area contributed by atoms with Crippen molar-refractivity contribution in [2.45, 2.75) is 13.5 Å². The van der Waals surface area contributed by atoms with E-state index in [0.29, 0.717) is 10.7 Å². The lowest BCUT2D eigenvalue weighted by Gasteiger charge is -1.98. The molecule has 2 rings (SSSR count). The summed E-state index contributed by atoms with van der Waals surface area (Å²) in [6.45, 7) is 2.71. The van der Waals surface area contributed by atoms with Gasteiger partial charge < -0.3 is 5.73 Å². The van der Waals surface area contributed by atoms with E-state index in [0.717, 1.165) is 17.4 Å². The third-order valence-electron chi connectivity index (χ3n) is 2.29. The minimum atomic E-state index is -0.461. The number of amides is 1. The highest BCUT2D eigenvalue weighted by Gasteiger charge is 2.09. The number of fused-ring (bicyclic) bond motifs is 1. The van der Waals surface area contributed by atoms with Crippen LogP contribution >= 0.6 is 11.6 Å². The fraction of sp³-hybridized carbons (Fsp3) is 0.200. The normalized spacial score (nSPS) is 10.8. The summed E-state index contributed by atoms with van der Waals surface area (Å²) in [6.07, 6.45) is 0. The molecule has 1 aromatic heterocycles. The molecular weight excluding hydrogens is 214 g/mol. The highest BCUT2D eigenvalue weighted by Crippen LogP contribution is 2.23. The molecule has 2 aromatic rings. The lowest BCUT2D eigenvalue weighted by atomic mass is 10.1. The summed E-state index contributed by atoms with van der Waals surface area (Å²) in [5, 5.41) is 5.30. The Morgan fingerprint density at radius 1 is 1.60 bits per heavy atom. The maximum atomic E-state index is 11.0. The summed E-state index contributed by atoms with van der Waals surface area (Å²) in [5.74, 6) is -0.461. The van der Waals surface area contributed by atoms with Crippen LogP contribution in [0, 0.1) is 0 Å². The van der Waals surface area contributed by atoms with Crippen LogP contribution in [0.2, 0.25) is 5.15 Å². The fourth-order valence-electron chi connectivity index (χ4n) is 1.53. The van der Waals surface area contributed by atoms with Crippen molar-refractivity contribution in [3.63, 3.8) is 0 Å². The van der Waals surface area contributed by atoms with Crippen molar-refractivity contribution in [2.75, 3.05) is 0 Å². The van der Waals surface area contributed by atoms with E-state index in [1.54, 1.807) is 22.9 Å². The molecule has 0 saturated carbocycles. The highest BCUT2D eigenvalue weighted by molar-refractivity contribution is 6.34. The molecule has 0 aliphatic carbocycles. The fourth-order valence-corrected chi connectivity index (χ4v) is 1.78. The molecule has 4 nitrogen and oxygen atoms in total. The zero-order valence-corrected chi connectivity index (χ0v) is 8.95. The first kappa shape index (κ1) is 9.98. The van der Waals surface area contributed by atoms with E-state index in [1.165, 1.54) is 0 Å². The number of carbonyl (C=O) groups excluding carboxylic acids is 1. The number of halogens is 1. The first-order valence-corrected chi connectivity index (χ1v) is 4.97. The minimum absolute atomic E-state index is 0.398. The number of nitrogens with zero attached hydrogens (tertiary/aromatic N) is 2. The smallest absolute Gasteiger partial charge is 0.248 e. The van der Waals surface area contributed by atoms with E-state index in [-0.39, 0.29) is 0 Å². The van der Waals surface area contributed by atoms with Gasteiger partial charge in [0.2, 0.25) is 5.91 Å². The maximum Gasteiger partial charge on any atom is 0.248 e. The number of carbonyl (C=O) groups is 1. The zero-order chi connectivity index (χ0) is 11.0. The Hall–Kier alpha value is -1.55. The SMILES string of the molecule is CCn1nc(Cl)c2cc(C(N)=O)ccc21. The molecule has 5 heteroatoms. The topological polar surface area (TPSA) is 60.9 Å². The van der Waals surface area contributed by atoms with Gasteiger partial charge in [0, 0.05) is 17.5 Å². The molecule has 1 aromatic carbocycles. The first-order valence-electron chi connectivity index (χ1n) is 4.59. The Morgan fingerprint density at radius 3 is 2.93 bits per heavy atom. The number of aryl methyl sites for hydroxylation is 1. The monoisotopic (exact) mass is 223 g/mol. The van der Waals surface area contributed by atoms with Gasteiger partial charge in [0.25, 0.3) is 0 Å². The van der Waals surface area contributed by atoms with Gasteiger partial charge in [-0.15, -0.1) is 0 Å². The van der Waals surface area contributed by atoms with Crippen LogP contribution in [-0.2, 0) is 6.54 Å². The predicted octanol–water partition coefficient (Wildman–Crippen LogP) is 1.81. The predicted molar refractivity (Wildman–Crippen MR) is 58.9 cm³/mol. The van der Waals surface area contributed by atoms with Crippen molar-refractivity contribution in [3.05, 3.63) is 28.9 Å². The van der Waals surface area contributed by atoms with Crippen molar-refractivity contribution >= 4 is 28.4 Å². The van der Waals surface area contributed by atoms with Crippen molar-refractivity contribution in [1.29, 1.82) is 0 Å². The Bertz CT molecular complexity index is 533. The molecule has 0 aliphatic rings. The highest BCUT2D eigenvalue weighted by atomic mass is 35.5. The second kappa shape index (κ2) is 3.55. The standard InChI is InChI=1S/C10H10ClN3O/c1-2-14-8-4-3-6(10(12)15)5-7(8)9(11)13-14/h3-5H,2H2,1H3,(H2,12,15). The summed E-state index contributed by atoms with van der Waals surface area (Å²) in [5.41, 5.74) is 6.54. The maximum absolute atomic E-state index is 11.0. The van der Waals surface area contributed by atoms with Gasteiger partial charge in [-0.05, 0) is 25.1 Å². The summed E-state index contributed by atoms with van der Waals surface area (Å²) in [4.78, 5) is 11.0. The minimum Gasteiger partial charge on any atom is -0.366 e. The molecule has 15 heavy (non-hydrogen) atoms. The van der Waals surface area contributed by atoms with Crippen LogP contribution in [0.5, 0.6) is 0 Å². The molecule has 1 heterocycles. The molecule has 0 atom stereocenters. The van der Waals surface area contributed by atoms with Gasteiger partial charge in [0.15, 0.2) is 5.15 Å². The second-order valence-electron chi connectivity index (χ2n) is 3.20. The van der Waals surface area contributed by atoms with Gasteiger partial charge in [0.1, 0.15) is 0 Å². The number of primary amides is 1. The molecule has 78 valence electrons. The van der Waals surface area contributed by atoms with Crippen molar-refractivity contribution in [3.8, 4) is 0 Å². The lowest BCUT2D eigenvalue weighted by molar-refractivity contribution is 0.100. The van der Waals surface area contributed by atoms with E-state index in [9.17, 15) is 4.79 Å². The van der Waals surface area contributed by atoms with Crippen molar-refractivity contribution in [2.24, 2.45) is 5.73 Å². The average Bonchev–Trinajstić information content (AvgIpc) is 2.55. The lowest BCUT2D eigenvalue weighted by Crippen LogP contribution is -2.10. The van der Waals surface area contributed by atoms with Gasteiger partial charge in [-0.1, -0.05) is 11.6 Å². The number of hydrogen-bond donors (Lipinski definition) is 1. The van der Waals surface area contributed by atoms with Gasteiger partial charge >= 0.3 is 0 Å². The van der Waals surface area contributed by atoms with E-state index < -0.39 is 5.91 Å². The van der Waals surface area contributed by atoms with E-state index in [2.05, 4.69) is 5.10 Å². The van der Waals surface area contributed by atoms with Crippen LogP contribution in [-0.4, -0.2) is 15.7 Å². The third-order valence-corrected chi connectivity index (χ3v) is 2.57. The number of benzene rings is 1. The number of hydrogen-bond acceptors (Lipinski definition) is 2. The molecule has 0 saturated heterocycles. The zero-order valence-electron chi connectivity index (χ0n) is 8.20. The number of rotatable bonds is 2. The molecular formula is C10H10ClN3O. The number of nitrogens with two attached hydrogens (primary N) is 1. The van der Waals surface area contributed by atoms with Crippen molar-refractivity contribution in [1.82, 2.24) is 9.78 Å². The molecule has 0 fully saturated rings. The van der Waals surface area contributed by atoms with Gasteiger partial charge in [-0.3, -0.25) is 9.48 Å². The Kier molecular flexibility index (Phi) is 2.36. The molecule has 1 amide bonds. The number of aromatic nitrogens is 2. The third kappa shape index (κ3) is 1.57. The van der Waals surface area contributed by atoms with E-state index in [1.807, 2.05) is 6.92 Å². The van der Waals surface area contributed by atoms with E-state index >= 15 is 0 Å². The molecule has 0 radical (unpaired) electrons. The quantitative estimate of drug-likeness (QED) is 0.844. The Morgan fingerprint density at radius 2 is 2.33 bits per heavy atom. The molecule has 2 N–H and O–H groups in total. The first-order chi connectivity index (χ1) is 7.13. The molecule has 0 bridgehead atoms. The molecule has 0 spiro atoms. The molecule has 0 unspecified atom stereocenters. The summed E-state index contributed by atoms with van der Waals surface area (Å²) < 4.78 is 1.78. The van der Waals surface area contributed by atoms with Gasteiger partial charge in [-0.2, -0.15) is 5.10 Å². The van der Waals surface area contributed by atoms with E-state index in [4.69, 9.17) is 17.3 Å². The Labute approximate surface area is 91.6 Å². The van der Waals surface area contributed by atoms with Crippen LogP contribution in [0.3, 0.4) is 0 Å². The largest absolute Gasteiger partial charge is 0.366 e.